The Labute approximate surface area is 143 Å². The van der Waals surface area contributed by atoms with Gasteiger partial charge in [-0.2, -0.15) is 5.10 Å². The fourth-order valence-electron chi connectivity index (χ4n) is 2.07. The van der Waals surface area contributed by atoms with Gasteiger partial charge in [-0.3, -0.25) is 0 Å². The van der Waals surface area contributed by atoms with Gasteiger partial charge in [0, 0.05) is 30.7 Å². The van der Waals surface area contributed by atoms with Crippen LogP contribution in [0, 0.1) is 5.82 Å². The third-order valence-electron chi connectivity index (χ3n) is 3.24. The molecule has 0 aliphatic rings. The molecule has 0 saturated heterocycles. The van der Waals surface area contributed by atoms with Crippen molar-refractivity contribution in [2.24, 2.45) is 0 Å². The van der Waals surface area contributed by atoms with Gasteiger partial charge in [0.2, 0.25) is 10.0 Å². The van der Waals surface area contributed by atoms with Crippen molar-refractivity contribution in [1.29, 1.82) is 0 Å². The molecule has 0 amide bonds. The van der Waals surface area contributed by atoms with Crippen LogP contribution in [0.25, 0.3) is 5.82 Å². The Bertz CT molecular complexity index is 961. The first-order valence-corrected chi connectivity index (χ1v) is 8.72. The molecule has 9 heteroatoms. The largest absolute Gasteiger partial charge is 0.240 e. The Morgan fingerprint density at radius 3 is 2.75 bits per heavy atom. The van der Waals surface area contributed by atoms with Gasteiger partial charge in [-0.25, -0.2) is 27.2 Å². The summed E-state index contributed by atoms with van der Waals surface area (Å²) in [6.45, 7) is 0.000359. The van der Waals surface area contributed by atoms with Gasteiger partial charge in [0.1, 0.15) is 5.82 Å². The van der Waals surface area contributed by atoms with Crippen molar-refractivity contribution in [3.63, 3.8) is 0 Å². The second-order valence-electron chi connectivity index (χ2n) is 4.84. The molecule has 2 aromatic heterocycles. The van der Waals surface area contributed by atoms with Gasteiger partial charge in [-0.05, 0) is 30.3 Å². The summed E-state index contributed by atoms with van der Waals surface area (Å²) in [4.78, 5) is 4.10. The minimum atomic E-state index is -3.84. The van der Waals surface area contributed by atoms with E-state index in [0.717, 1.165) is 18.2 Å². The van der Waals surface area contributed by atoms with Crippen LogP contribution in [0.5, 0.6) is 0 Å². The summed E-state index contributed by atoms with van der Waals surface area (Å²) >= 11 is 5.64. The maximum Gasteiger partial charge on any atom is 0.240 e. The molecule has 3 rings (SSSR count). The second-order valence-corrected chi connectivity index (χ2v) is 7.01. The predicted molar refractivity (Wildman–Crippen MR) is 86.8 cm³/mol. The fourth-order valence-corrected chi connectivity index (χ4v) is 3.35. The molecule has 1 aromatic carbocycles. The van der Waals surface area contributed by atoms with Gasteiger partial charge in [0.05, 0.1) is 9.92 Å². The van der Waals surface area contributed by atoms with Gasteiger partial charge in [-0.1, -0.05) is 17.7 Å². The molecule has 1 N–H and O–H groups in total. The van der Waals surface area contributed by atoms with Crippen LogP contribution < -0.4 is 4.72 Å². The summed E-state index contributed by atoms with van der Waals surface area (Å²) in [6.07, 6.45) is 4.90. The van der Waals surface area contributed by atoms with E-state index < -0.39 is 15.8 Å². The number of nitrogens with one attached hydrogen (secondary N) is 1. The van der Waals surface area contributed by atoms with E-state index in [-0.39, 0.29) is 16.5 Å². The molecule has 0 unspecified atom stereocenters. The number of pyridine rings is 1. The topological polar surface area (TPSA) is 76.9 Å². The van der Waals surface area contributed by atoms with E-state index in [2.05, 4.69) is 14.8 Å². The fraction of sp³-hybridized carbons (Fsp3) is 0.0667. The quantitative estimate of drug-likeness (QED) is 0.752. The highest BCUT2D eigenvalue weighted by Crippen LogP contribution is 2.20. The first kappa shape index (κ1) is 16.6. The molecule has 3 aromatic rings. The molecule has 0 bridgehead atoms. The molecule has 24 heavy (non-hydrogen) atoms. The normalized spacial score (nSPS) is 11.6. The minimum Gasteiger partial charge on any atom is -0.237 e. The van der Waals surface area contributed by atoms with Crippen molar-refractivity contribution in [1.82, 2.24) is 19.5 Å². The van der Waals surface area contributed by atoms with Gasteiger partial charge in [0.15, 0.2) is 5.82 Å². The Kier molecular flexibility index (Phi) is 4.61. The lowest BCUT2D eigenvalue weighted by Crippen LogP contribution is -2.24. The van der Waals surface area contributed by atoms with Crippen LogP contribution in [0.1, 0.15) is 5.56 Å². The lowest BCUT2D eigenvalue weighted by Gasteiger charge is -2.10. The summed E-state index contributed by atoms with van der Waals surface area (Å²) in [7, 11) is -3.84. The van der Waals surface area contributed by atoms with Crippen LogP contribution in [0.15, 0.2) is 59.9 Å². The van der Waals surface area contributed by atoms with Crippen molar-refractivity contribution in [2.45, 2.75) is 11.4 Å². The van der Waals surface area contributed by atoms with E-state index in [4.69, 9.17) is 11.6 Å². The average Bonchev–Trinajstić information content (AvgIpc) is 3.10. The molecular formula is C15H12ClFN4O2S. The molecule has 6 nitrogen and oxygen atoms in total. The standard InChI is InChI=1S/C15H12ClFN4O2S/c16-13-9-12(4-5-14(13)17)24(22,23)20-10-11-3-1-6-18-15(11)21-8-2-7-19-21/h1-9,20H,10H2. The number of halogens is 2. The number of aromatic nitrogens is 3. The Morgan fingerprint density at radius 1 is 1.21 bits per heavy atom. The Hall–Kier alpha value is -2.29. The molecule has 0 saturated carbocycles. The van der Waals surface area contributed by atoms with Gasteiger partial charge in [0.25, 0.3) is 0 Å². The van der Waals surface area contributed by atoms with Crippen LogP contribution in [0.4, 0.5) is 4.39 Å². The maximum atomic E-state index is 13.2. The first-order valence-electron chi connectivity index (χ1n) is 6.86. The predicted octanol–water partition coefficient (Wildman–Crippen LogP) is 2.54. The highest BCUT2D eigenvalue weighted by atomic mass is 35.5. The minimum absolute atomic E-state index is 0.000359. The molecule has 0 fully saturated rings. The summed E-state index contributed by atoms with van der Waals surface area (Å²) in [6, 6.07) is 8.41. The molecule has 2 heterocycles. The SMILES string of the molecule is O=S(=O)(NCc1cccnc1-n1cccn1)c1ccc(F)c(Cl)c1. The first-order chi connectivity index (χ1) is 11.5. The summed E-state index contributed by atoms with van der Waals surface area (Å²) in [5.41, 5.74) is 0.637. The lowest BCUT2D eigenvalue weighted by molar-refractivity contribution is 0.580. The smallest absolute Gasteiger partial charge is 0.237 e. The van der Waals surface area contributed by atoms with Crippen LogP contribution in [0.2, 0.25) is 5.02 Å². The van der Waals surface area contributed by atoms with E-state index in [1.165, 1.54) is 0 Å². The van der Waals surface area contributed by atoms with Crippen molar-refractivity contribution in [3.8, 4) is 5.82 Å². The van der Waals surface area contributed by atoms with Crippen molar-refractivity contribution >= 4 is 21.6 Å². The summed E-state index contributed by atoms with van der Waals surface area (Å²) in [5.74, 6) is -0.161. The average molecular weight is 367 g/mol. The van der Waals surface area contributed by atoms with Crippen LogP contribution >= 0.6 is 11.6 Å². The molecule has 0 radical (unpaired) electrons. The van der Waals surface area contributed by atoms with E-state index in [1.807, 2.05) is 0 Å². The zero-order valence-electron chi connectivity index (χ0n) is 12.2. The Balaban J connectivity index is 1.84. The van der Waals surface area contributed by atoms with Crippen molar-refractivity contribution in [2.75, 3.05) is 0 Å². The number of rotatable bonds is 5. The van der Waals surface area contributed by atoms with E-state index in [1.54, 1.807) is 41.5 Å². The maximum absolute atomic E-state index is 13.2. The van der Waals surface area contributed by atoms with E-state index in [9.17, 15) is 12.8 Å². The number of sulfonamides is 1. The summed E-state index contributed by atoms with van der Waals surface area (Å²) in [5, 5.41) is 3.84. The highest BCUT2D eigenvalue weighted by Gasteiger charge is 2.17. The zero-order chi connectivity index (χ0) is 17.2. The molecule has 0 aliphatic heterocycles. The van der Waals surface area contributed by atoms with E-state index >= 15 is 0 Å². The molecule has 0 aliphatic carbocycles. The number of benzene rings is 1. The van der Waals surface area contributed by atoms with E-state index in [0.29, 0.717) is 11.4 Å². The van der Waals surface area contributed by atoms with Crippen LogP contribution in [-0.4, -0.2) is 23.2 Å². The second kappa shape index (κ2) is 6.68. The number of hydrogen-bond donors (Lipinski definition) is 1. The van der Waals surface area contributed by atoms with Gasteiger partial charge >= 0.3 is 0 Å². The number of nitrogens with zero attached hydrogens (tertiary/aromatic N) is 3. The summed E-state index contributed by atoms with van der Waals surface area (Å²) < 4.78 is 41.8. The highest BCUT2D eigenvalue weighted by molar-refractivity contribution is 7.89. The molecule has 0 spiro atoms. The number of hydrogen-bond acceptors (Lipinski definition) is 4. The lowest BCUT2D eigenvalue weighted by atomic mass is 10.2. The van der Waals surface area contributed by atoms with Crippen LogP contribution in [0.3, 0.4) is 0 Å². The molecular weight excluding hydrogens is 355 g/mol. The van der Waals surface area contributed by atoms with Crippen molar-refractivity contribution < 1.29 is 12.8 Å². The molecule has 0 atom stereocenters. The van der Waals surface area contributed by atoms with Gasteiger partial charge < -0.3 is 0 Å². The van der Waals surface area contributed by atoms with Gasteiger partial charge in [-0.15, -0.1) is 0 Å². The third kappa shape index (κ3) is 3.45. The third-order valence-corrected chi connectivity index (χ3v) is 4.93. The van der Waals surface area contributed by atoms with Crippen molar-refractivity contribution in [3.05, 3.63) is 71.4 Å². The van der Waals surface area contributed by atoms with Crippen LogP contribution in [-0.2, 0) is 16.6 Å². The monoisotopic (exact) mass is 366 g/mol. The Morgan fingerprint density at radius 2 is 2.04 bits per heavy atom. The zero-order valence-corrected chi connectivity index (χ0v) is 13.8. The molecule has 124 valence electrons.